The highest BCUT2D eigenvalue weighted by atomic mass is 32.2. The number of hydrogen-bond acceptors (Lipinski definition) is 4. The van der Waals surface area contributed by atoms with Crippen molar-refractivity contribution in [3.8, 4) is 0 Å². The minimum absolute atomic E-state index is 0.0880. The predicted molar refractivity (Wildman–Crippen MR) is 98.6 cm³/mol. The normalized spacial score (nSPS) is 22.7. The Morgan fingerprint density at radius 1 is 1.39 bits per heavy atom. The second-order valence-corrected chi connectivity index (χ2v) is 10.7. The molecule has 1 heterocycles. The lowest BCUT2D eigenvalue weighted by Crippen LogP contribution is -2.51. The maximum Gasteiger partial charge on any atom is 0.213 e. The van der Waals surface area contributed by atoms with Gasteiger partial charge in [0.15, 0.2) is 5.96 Å². The maximum atomic E-state index is 12.0. The number of aliphatic imine (C=N–C) groups is 1. The minimum atomic E-state index is -3.20. The Hall–Kier alpha value is -0.470. The third-order valence-electron chi connectivity index (χ3n) is 4.41. The minimum Gasteiger partial charge on any atom is -0.355 e. The predicted octanol–water partition coefficient (Wildman–Crippen LogP) is 1.11. The molecule has 2 N–H and O–H groups in total. The summed E-state index contributed by atoms with van der Waals surface area (Å²) >= 11 is 1.97. The van der Waals surface area contributed by atoms with Crippen molar-refractivity contribution in [3.63, 3.8) is 0 Å². The molecule has 1 saturated carbocycles. The molecule has 0 spiro atoms. The number of hydrogen-bond donors (Lipinski definition) is 2. The van der Waals surface area contributed by atoms with E-state index >= 15 is 0 Å². The molecule has 0 aromatic heterocycles. The van der Waals surface area contributed by atoms with E-state index in [4.69, 9.17) is 0 Å². The molecule has 0 aromatic rings. The standard InChI is InChI=1S/C15H30N4O2S2/c1-15(2)12-19(8-9-22-15)14(16-3)17-7-10-23(20,21)18-11-13-5-4-6-13/h13,18H,4-12H2,1-3H3,(H,16,17). The fourth-order valence-corrected chi connectivity index (χ4v) is 4.96. The van der Waals surface area contributed by atoms with Crippen LogP contribution in [0.5, 0.6) is 0 Å². The summed E-state index contributed by atoms with van der Waals surface area (Å²) < 4.78 is 27.0. The van der Waals surface area contributed by atoms with E-state index in [2.05, 4.69) is 33.8 Å². The highest BCUT2D eigenvalue weighted by Gasteiger charge is 2.28. The van der Waals surface area contributed by atoms with Gasteiger partial charge >= 0.3 is 0 Å². The Balaban J connectivity index is 1.74. The van der Waals surface area contributed by atoms with Gasteiger partial charge in [-0.15, -0.1) is 0 Å². The molecule has 2 aliphatic rings. The Labute approximate surface area is 144 Å². The average molecular weight is 363 g/mol. The van der Waals surface area contributed by atoms with Gasteiger partial charge in [0.1, 0.15) is 0 Å². The van der Waals surface area contributed by atoms with E-state index in [1.807, 2.05) is 11.8 Å². The van der Waals surface area contributed by atoms with Gasteiger partial charge in [0, 0.05) is 43.7 Å². The average Bonchev–Trinajstić information content (AvgIpc) is 2.40. The van der Waals surface area contributed by atoms with E-state index in [1.54, 1.807) is 7.05 Å². The zero-order valence-corrected chi connectivity index (χ0v) is 16.1. The number of thioether (sulfide) groups is 1. The van der Waals surface area contributed by atoms with Crippen LogP contribution in [0, 0.1) is 5.92 Å². The van der Waals surface area contributed by atoms with Crippen LogP contribution in [-0.4, -0.2) is 68.8 Å². The second kappa shape index (κ2) is 8.07. The van der Waals surface area contributed by atoms with Crippen molar-refractivity contribution in [1.82, 2.24) is 14.9 Å². The lowest BCUT2D eigenvalue weighted by atomic mass is 9.86. The molecule has 8 heteroatoms. The summed E-state index contributed by atoms with van der Waals surface area (Å²) in [6.45, 7) is 7.30. The smallest absolute Gasteiger partial charge is 0.213 e. The molecule has 0 unspecified atom stereocenters. The van der Waals surface area contributed by atoms with E-state index < -0.39 is 10.0 Å². The number of nitrogens with one attached hydrogen (secondary N) is 2. The molecular weight excluding hydrogens is 332 g/mol. The summed E-state index contributed by atoms with van der Waals surface area (Å²) in [5, 5.41) is 3.20. The van der Waals surface area contributed by atoms with Gasteiger partial charge in [-0.1, -0.05) is 6.42 Å². The summed E-state index contributed by atoms with van der Waals surface area (Å²) in [7, 11) is -1.45. The van der Waals surface area contributed by atoms with Gasteiger partial charge in [0.25, 0.3) is 0 Å². The SMILES string of the molecule is CN=C(NCCS(=O)(=O)NCC1CCC1)N1CCSC(C)(C)C1. The summed E-state index contributed by atoms with van der Waals surface area (Å²) in [6.07, 6.45) is 3.53. The number of rotatable bonds is 6. The van der Waals surface area contributed by atoms with E-state index in [-0.39, 0.29) is 10.5 Å². The molecule has 1 aliphatic carbocycles. The molecule has 0 amide bonds. The third-order valence-corrected chi connectivity index (χ3v) is 7.05. The van der Waals surface area contributed by atoms with Gasteiger partial charge in [0.05, 0.1) is 5.75 Å². The monoisotopic (exact) mass is 362 g/mol. The van der Waals surface area contributed by atoms with Crippen molar-refractivity contribution < 1.29 is 8.42 Å². The first-order valence-electron chi connectivity index (χ1n) is 8.38. The summed E-state index contributed by atoms with van der Waals surface area (Å²) in [6, 6.07) is 0. The van der Waals surface area contributed by atoms with Crippen LogP contribution in [0.2, 0.25) is 0 Å². The van der Waals surface area contributed by atoms with E-state index in [0.29, 0.717) is 19.0 Å². The highest BCUT2D eigenvalue weighted by molar-refractivity contribution is 8.00. The summed E-state index contributed by atoms with van der Waals surface area (Å²) in [5.41, 5.74) is 0. The fraction of sp³-hybridized carbons (Fsp3) is 0.933. The Kier molecular flexibility index (Phi) is 6.62. The summed E-state index contributed by atoms with van der Waals surface area (Å²) in [4.78, 5) is 6.51. The molecule has 0 aromatic carbocycles. The number of sulfonamides is 1. The van der Waals surface area contributed by atoms with Crippen LogP contribution in [0.25, 0.3) is 0 Å². The molecule has 6 nitrogen and oxygen atoms in total. The van der Waals surface area contributed by atoms with Gasteiger partial charge in [-0.2, -0.15) is 11.8 Å². The van der Waals surface area contributed by atoms with Crippen molar-refractivity contribution in [1.29, 1.82) is 0 Å². The Bertz CT molecular complexity index is 516. The van der Waals surface area contributed by atoms with E-state index in [0.717, 1.165) is 37.6 Å². The molecule has 1 aliphatic heterocycles. The molecule has 0 atom stereocenters. The zero-order valence-electron chi connectivity index (χ0n) is 14.5. The van der Waals surface area contributed by atoms with Gasteiger partial charge in [-0.25, -0.2) is 13.1 Å². The van der Waals surface area contributed by atoms with Gasteiger partial charge in [-0.3, -0.25) is 4.99 Å². The van der Waals surface area contributed by atoms with Gasteiger partial charge in [0.2, 0.25) is 10.0 Å². The van der Waals surface area contributed by atoms with Crippen LogP contribution in [0.1, 0.15) is 33.1 Å². The number of guanidine groups is 1. The fourth-order valence-electron chi connectivity index (χ4n) is 2.84. The summed E-state index contributed by atoms with van der Waals surface area (Å²) in [5.74, 6) is 2.49. The van der Waals surface area contributed by atoms with Gasteiger partial charge < -0.3 is 10.2 Å². The highest BCUT2D eigenvalue weighted by Crippen LogP contribution is 2.29. The van der Waals surface area contributed by atoms with E-state index in [9.17, 15) is 8.42 Å². The lowest BCUT2D eigenvalue weighted by Gasteiger charge is -2.39. The second-order valence-electron chi connectivity index (χ2n) is 6.97. The van der Waals surface area contributed by atoms with Crippen molar-refractivity contribution in [2.45, 2.75) is 37.9 Å². The van der Waals surface area contributed by atoms with Crippen molar-refractivity contribution >= 4 is 27.7 Å². The molecule has 23 heavy (non-hydrogen) atoms. The first-order valence-corrected chi connectivity index (χ1v) is 11.0. The van der Waals surface area contributed by atoms with Crippen molar-refractivity contribution in [2.24, 2.45) is 10.9 Å². The third kappa shape index (κ3) is 6.15. The largest absolute Gasteiger partial charge is 0.355 e. The van der Waals surface area contributed by atoms with Crippen LogP contribution in [0.3, 0.4) is 0 Å². The molecular formula is C15H30N4O2S2. The quantitative estimate of drug-likeness (QED) is 0.547. The molecule has 2 fully saturated rings. The van der Waals surface area contributed by atoms with Crippen LogP contribution >= 0.6 is 11.8 Å². The topological polar surface area (TPSA) is 73.8 Å². The Morgan fingerprint density at radius 2 is 2.13 bits per heavy atom. The molecule has 134 valence electrons. The number of nitrogens with zero attached hydrogens (tertiary/aromatic N) is 2. The maximum absolute atomic E-state index is 12.0. The first-order chi connectivity index (χ1) is 10.8. The van der Waals surface area contributed by atoms with Crippen LogP contribution in [0.15, 0.2) is 4.99 Å². The van der Waals surface area contributed by atoms with Crippen molar-refractivity contribution in [3.05, 3.63) is 0 Å². The van der Waals surface area contributed by atoms with Crippen LogP contribution in [0.4, 0.5) is 0 Å². The van der Waals surface area contributed by atoms with E-state index in [1.165, 1.54) is 6.42 Å². The molecule has 0 radical (unpaired) electrons. The van der Waals surface area contributed by atoms with Gasteiger partial charge in [-0.05, 0) is 32.6 Å². The molecule has 2 rings (SSSR count). The zero-order chi connectivity index (χ0) is 16.9. The van der Waals surface area contributed by atoms with Crippen LogP contribution in [-0.2, 0) is 10.0 Å². The van der Waals surface area contributed by atoms with Crippen LogP contribution < -0.4 is 10.0 Å². The first kappa shape index (κ1) is 18.9. The lowest BCUT2D eigenvalue weighted by molar-refractivity contribution is 0.316. The molecule has 0 bridgehead atoms. The van der Waals surface area contributed by atoms with Crippen molar-refractivity contribution in [2.75, 3.05) is 44.7 Å². The Morgan fingerprint density at radius 3 is 2.70 bits per heavy atom. The molecule has 1 saturated heterocycles.